The standard InChI is InChI=1S/C7H7BO/c8-5-6-2-1-3-7(9)4-6/h1-4,9H,5H2. The largest absolute Gasteiger partial charge is 0.508 e. The Hall–Kier alpha value is -0.915. The maximum Gasteiger partial charge on any atom is 0.115 e. The Balaban J connectivity index is 2.94. The molecule has 0 unspecified atom stereocenters. The molecule has 1 aromatic carbocycles. The van der Waals surface area contributed by atoms with E-state index in [1.54, 1.807) is 18.2 Å². The molecule has 0 atom stereocenters. The van der Waals surface area contributed by atoms with Gasteiger partial charge in [-0.1, -0.05) is 24.0 Å². The topological polar surface area (TPSA) is 20.2 Å². The summed E-state index contributed by atoms with van der Waals surface area (Å²) in [5.41, 5.74) is 0.954. The lowest BCUT2D eigenvalue weighted by Gasteiger charge is -1.94. The summed E-state index contributed by atoms with van der Waals surface area (Å²) >= 11 is 0. The lowest BCUT2D eigenvalue weighted by molar-refractivity contribution is 0.475. The molecule has 0 aliphatic rings. The van der Waals surface area contributed by atoms with Crippen LogP contribution in [0.1, 0.15) is 5.56 Å². The van der Waals surface area contributed by atoms with Crippen LogP contribution < -0.4 is 0 Å². The number of phenols is 1. The zero-order chi connectivity index (χ0) is 6.69. The zero-order valence-electron chi connectivity index (χ0n) is 5.04. The molecule has 0 aromatic heterocycles. The number of aromatic hydroxyl groups is 1. The van der Waals surface area contributed by atoms with E-state index >= 15 is 0 Å². The Bertz CT molecular complexity index is 198. The average Bonchev–Trinajstić information content (AvgIpc) is 1.88. The first-order chi connectivity index (χ1) is 4.33. The van der Waals surface area contributed by atoms with Gasteiger partial charge in [-0.05, 0) is 12.1 Å². The van der Waals surface area contributed by atoms with E-state index in [9.17, 15) is 0 Å². The molecule has 0 aliphatic carbocycles. The molecule has 2 heteroatoms. The first-order valence-electron chi connectivity index (χ1n) is 2.81. The van der Waals surface area contributed by atoms with Crippen molar-refractivity contribution in [3.8, 4) is 5.75 Å². The fourth-order valence-electron chi connectivity index (χ4n) is 0.683. The van der Waals surface area contributed by atoms with Gasteiger partial charge in [0.15, 0.2) is 0 Å². The molecule has 0 spiro atoms. The lowest BCUT2D eigenvalue weighted by atomic mass is 9.97. The van der Waals surface area contributed by atoms with E-state index in [-0.39, 0.29) is 5.75 Å². The van der Waals surface area contributed by atoms with Crippen LogP contribution in [0.2, 0.25) is 0 Å². The number of hydrogen-bond acceptors (Lipinski definition) is 1. The molecule has 0 fully saturated rings. The van der Waals surface area contributed by atoms with Crippen LogP contribution in [0.25, 0.3) is 0 Å². The molecule has 0 amide bonds. The summed E-state index contributed by atoms with van der Waals surface area (Å²) in [4.78, 5) is 0. The molecule has 1 aromatic rings. The van der Waals surface area contributed by atoms with Crippen molar-refractivity contribution in [2.45, 2.75) is 6.32 Å². The van der Waals surface area contributed by atoms with E-state index in [2.05, 4.69) is 0 Å². The van der Waals surface area contributed by atoms with Crippen molar-refractivity contribution in [2.24, 2.45) is 0 Å². The minimum atomic E-state index is 0.276. The van der Waals surface area contributed by atoms with Crippen LogP contribution >= 0.6 is 0 Å². The van der Waals surface area contributed by atoms with Gasteiger partial charge in [0.2, 0.25) is 0 Å². The molecule has 0 aliphatic heterocycles. The molecule has 1 rings (SSSR count). The molecule has 0 bridgehead atoms. The van der Waals surface area contributed by atoms with Crippen LogP contribution in [0.15, 0.2) is 24.3 Å². The predicted molar refractivity (Wildman–Crippen MR) is 37.6 cm³/mol. The first-order valence-corrected chi connectivity index (χ1v) is 2.81. The van der Waals surface area contributed by atoms with Crippen molar-refractivity contribution in [1.29, 1.82) is 0 Å². The highest BCUT2D eigenvalue weighted by atomic mass is 16.3. The third-order valence-electron chi connectivity index (χ3n) is 1.15. The van der Waals surface area contributed by atoms with Gasteiger partial charge in [-0.15, -0.1) is 0 Å². The zero-order valence-corrected chi connectivity index (χ0v) is 5.04. The predicted octanol–water partition coefficient (Wildman–Crippen LogP) is 1.06. The van der Waals surface area contributed by atoms with Gasteiger partial charge in [0.05, 0.1) is 7.85 Å². The Kier molecular flexibility index (Phi) is 1.78. The minimum Gasteiger partial charge on any atom is -0.508 e. The SMILES string of the molecule is [B]Cc1cccc(O)c1. The van der Waals surface area contributed by atoms with Crippen LogP contribution in [-0.4, -0.2) is 13.0 Å². The van der Waals surface area contributed by atoms with Crippen molar-refractivity contribution in [3.05, 3.63) is 29.8 Å². The van der Waals surface area contributed by atoms with Crippen LogP contribution in [-0.2, 0) is 6.32 Å². The van der Waals surface area contributed by atoms with Gasteiger partial charge in [0.25, 0.3) is 0 Å². The second-order valence-electron chi connectivity index (χ2n) is 1.87. The summed E-state index contributed by atoms with van der Waals surface area (Å²) in [5, 5.41) is 8.89. The number of rotatable bonds is 1. The minimum absolute atomic E-state index is 0.276. The molecule has 0 saturated carbocycles. The highest BCUT2D eigenvalue weighted by Gasteiger charge is 1.87. The molecule has 44 valence electrons. The number of benzene rings is 1. The van der Waals surface area contributed by atoms with Crippen LogP contribution in [0.5, 0.6) is 5.75 Å². The van der Waals surface area contributed by atoms with Gasteiger partial charge >= 0.3 is 0 Å². The van der Waals surface area contributed by atoms with Gasteiger partial charge in [-0.25, -0.2) is 0 Å². The second kappa shape index (κ2) is 2.58. The Morgan fingerprint density at radius 3 is 2.67 bits per heavy atom. The molecule has 0 heterocycles. The van der Waals surface area contributed by atoms with Crippen molar-refractivity contribution in [3.63, 3.8) is 0 Å². The monoisotopic (exact) mass is 118 g/mol. The highest BCUT2D eigenvalue weighted by molar-refractivity contribution is 6.08. The molecule has 9 heavy (non-hydrogen) atoms. The molecule has 1 N–H and O–H groups in total. The fourth-order valence-corrected chi connectivity index (χ4v) is 0.683. The summed E-state index contributed by atoms with van der Waals surface area (Å²) in [6, 6.07) is 6.93. The number of phenolic OH excluding ortho intramolecular Hbond substituents is 1. The Morgan fingerprint density at radius 1 is 1.44 bits per heavy atom. The second-order valence-corrected chi connectivity index (χ2v) is 1.87. The molecular formula is C7H7BO. The van der Waals surface area contributed by atoms with E-state index in [1.165, 1.54) is 0 Å². The molecular weight excluding hydrogens is 111 g/mol. The van der Waals surface area contributed by atoms with E-state index < -0.39 is 0 Å². The van der Waals surface area contributed by atoms with E-state index in [0.717, 1.165) is 5.56 Å². The van der Waals surface area contributed by atoms with E-state index in [4.69, 9.17) is 13.0 Å². The van der Waals surface area contributed by atoms with Gasteiger partial charge in [-0.2, -0.15) is 0 Å². The average molecular weight is 118 g/mol. The van der Waals surface area contributed by atoms with Crippen molar-refractivity contribution < 1.29 is 5.11 Å². The molecule has 1 nitrogen and oxygen atoms in total. The third kappa shape index (κ3) is 1.49. The highest BCUT2D eigenvalue weighted by Crippen LogP contribution is 2.09. The normalized spacial score (nSPS) is 9.33. The summed E-state index contributed by atoms with van der Waals surface area (Å²) in [7, 11) is 5.31. The lowest BCUT2D eigenvalue weighted by Crippen LogP contribution is -1.80. The van der Waals surface area contributed by atoms with Crippen molar-refractivity contribution >= 4 is 7.85 Å². The fraction of sp³-hybridized carbons (Fsp3) is 0.143. The molecule has 2 radical (unpaired) electrons. The van der Waals surface area contributed by atoms with Crippen molar-refractivity contribution in [1.82, 2.24) is 0 Å². The van der Waals surface area contributed by atoms with E-state index in [1.807, 2.05) is 6.07 Å². The van der Waals surface area contributed by atoms with Gasteiger partial charge < -0.3 is 5.11 Å². The summed E-state index contributed by atoms with van der Waals surface area (Å²) < 4.78 is 0. The number of hydrogen-bond donors (Lipinski definition) is 1. The maximum atomic E-state index is 8.89. The summed E-state index contributed by atoms with van der Waals surface area (Å²) in [5.74, 6) is 0.276. The van der Waals surface area contributed by atoms with Crippen LogP contribution in [0, 0.1) is 0 Å². The Labute approximate surface area is 55.7 Å². The van der Waals surface area contributed by atoms with Gasteiger partial charge in [0, 0.05) is 0 Å². The Morgan fingerprint density at radius 2 is 2.22 bits per heavy atom. The van der Waals surface area contributed by atoms with Crippen LogP contribution in [0.4, 0.5) is 0 Å². The summed E-state index contributed by atoms with van der Waals surface area (Å²) in [6.07, 6.45) is 0.481. The van der Waals surface area contributed by atoms with Crippen molar-refractivity contribution in [2.75, 3.05) is 0 Å². The smallest absolute Gasteiger partial charge is 0.115 e. The van der Waals surface area contributed by atoms with Crippen LogP contribution in [0.3, 0.4) is 0 Å². The van der Waals surface area contributed by atoms with Gasteiger partial charge in [0.1, 0.15) is 5.75 Å². The first kappa shape index (κ1) is 6.21. The maximum absolute atomic E-state index is 8.89. The molecule has 0 saturated heterocycles. The quantitative estimate of drug-likeness (QED) is 0.546. The third-order valence-corrected chi connectivity index (χ3v) is 1.15. The summed E-state index contributed by atoms with van der Waals surface area (Å²) in [6.45, 7) is 0. The van der Waals surface area contributed by atoms with Gasteiger partial charge in [-0.3, -0.25) is 0 Å². The van der Waals surface area contributed by atoms with E-state index in [0.29, 0.717) is 6.32 Å².